The molecule has 2 saturated carbocycles. The maximum absolute atomic E-state index is 13.1. The van der Waals surface area contributed by atoms with Crippen LogP contribution in [-0.4, -0.2) is 55.9 Å². The summed E-state index contributed by atoms with van der Waals surface area (Å²) >= 11 is 0. The number of imide groups is 2. The van der Waals surface area contributed by atoms with Gasteiger partial charge in [-0.15, -0.1) is 0 Å². The highest BCUT2D eigenvalue weighted by Gasteiger charge is 2.44. The van der Waals surface area contributed by atoms with Gasteiger partial charge in [0.05, 0.1) is 28.6 Å². The van der Waals surface area contributed by atoms with Gasteiger partial charge in [0.25, 0.3) is 11.8 Å². The molecule has 4 aliphatic rings. The van der Waals surface area contributed by atoms with Gasteiger partial charge in [-0.3, -0.25) is 39.1 Å². The van der Waals surface area contributed by atoms with E-state index in [2.05, 4.69) is 31.8 Å². The number of aromatic nitrogens is 3. The molecule has 7 rings (SSSR count). The summed E-state index contributed by atoms with van der Waals surface area (Å²) in [7, 11) is 0. The number of benzene rings is 1. The Labute approximate surface area is 230 Å². The molecule has 204 valence electrons. The lowest BCUT2D eigenvalue weighted by Crippen LogP contribution is -2.54. The maximum Gasteiger partial charge on any atom is 0.262 e. The minimum absolute atomic E-state index is 0.0992. The molecule has 0 spiro atoms. The van der Waals surface area contributed by atoms with Crippen molar-refractivity contribution < 1.29 is 19.2 Å². The van der Waals surface area contributed by atoms with Crippen LogP contribution in [0.2, 0.25) is 0 Å². The molecule has 0 radical (unpaired) electrons. The van der Waals surface area contributed by atoms with Crippen LogP contribution in [0.5, 0.6) is 0 Å². The van der Waals surface area contributed by atoms with E-state index in [4.69, 9.17) is 5.10 Å². The molecule has 11 heteroatoms. The highest BCUT2D eigenvalue weighted by atomic mass is 16.2. The molecule has 1 unspecified atom stereocenters. The molecule has 1 saturated heterocycles. The molecule has 2 aromatic heterocycles. The molecular formula is C29H29N7O4. The third kappa shape index (κ3) is 4.41. The third-order valence-electron chi connectivity index (χ3n) is 8.30. The van der Waals surface area contributed by atoms with E-state index in [1.54, 1.807) is 30.6 Å². The van der Waals surface area contributed by atoms with Crippen molar-refractivity contribution in [1.29, 1.82) is 0 Å². The fourth-order valence-corrected chi connectivity index (χ4v) is 5.86. The van der Waals surface area contributed by atoms with Crippen LogP contribution < -0.4 is 16.0 Å². The van der Waals surface area contributed by atoms with Crippen molar-refractivity contribution in [2.75, 3.05) is 17.2 Å². The van der Waals surface area contributed by atoms with Gasteiger partial charge < -0.3 is 10.6 Å². The second-order valence-corrected chi connectivity index (χ2v) is 11.1. The number of rotatable bonds is 8. The highest BCUT2D eigenvalue weighted by Crippen LogP contribution is 2.45. The molecule has 40 heavy (non-hydrogen) atoms. The number of piperidine rings is 1. The van der Waals surface area contributed by atoms with E-state index in [1.807, 2.05) is 12.1 Å². The third-order valence-corrected chi connectivity index (χ3v) is 8.30. The highest BCUT2D eigenvalue weighted by molar-refractivity contribution is 6.23. The van der Waals surface area contributed by atoms with Gasteiger partial charge >= 0.3 is 0 Å². The molecule has 1 atom stereocenters. The number of fused-ring (bicyclic) bond motifs is 1. The van der Waals surface area contributed by atoms with Crippen molar-refractivity contribution in [3.63, 3.8) is 0 Å². The quantitative estimate of drug-likeness (QED) is 0.371. The van der Waals surface area contributed by atoms with Crippen LogP contribution in [0.15, 0.2) is 48.9 Å². The van der Waals surface area contributed by atoms with Gasteiger partial charge in [-0.1, -0.05) is 0 Å². The first-order valence-corrected chi connectivity index (χ1v) is 13.8. The number of hydrogen-bond acceptors (Lipinski definition) is 8. The van der Waals surface area contributed by atoms with E-state index in [0.29, 0.717) is 17.9 Å². The summed E-state index contributed by atoms with van der Waals surface area (Å²) in [4.78, 5) is 54.9. The fraction of sp³-hybridized carbons (Fsp3) is 0.379. The lowest BCUT2D eigenvalue weighted by Gasteiger charge is -2.35. The van der Waals surface area contributed by atoms with Gasteiger partial charge in [-0.05, 0) is 68.4 Å². The van der Waals surface area contributed by atoms with Gasteiger partial charge in [0.1, 0.15) is 6.04 Å². The zero-order valence-electron chi connectivity index (χ0n) is 21.8. The van der Waals surface area contributed by atoms with E-state index < -0.39 is 23.8 Å². The van der Waals surface area contributed by atoms with E-state index in [-0.39, 0.29) is 29.9 Å². The Hall–Kier alpha value is -4.54. The van der Waals surface area contributed by atoms with E-state index in [1.165, 1.54) is 12.8 Å². The SMILES string of the molecule is O=C1CCC(N2C(=O)c3ccc(NC[C@H]4C[C@H](n5cc(Nc6ccncc6)c(C6CC6)n5)C4)cc3C2=O)C(=O)N1. The van der Waals surface area contributed by atoms with Crippen molar-refractivity contribution in [1.82, 2.24) is 25.0 Å². The Morgan fingerprint density at radius 2 is 1.70 bits per heavy atom. The Bertz CT molecular complexity index is 1520. The average molecular weight is 540 g/mol. The first kappa shape index (κ1) is 24.5. The summed E-state index contributed by atoms with van der Waals surface area (Å²) in [6.45, 7) is 0.743. The van der Waals surface area contributed by atoms with Crippen molar-refractivity contribution in [3.05, 3.63) is 65.7 Å². The number of nitrogens with one attached hydrogen (secondary N) is 3. The molecule has 4 heterocycles. The van der Waals surface area contributed by atoms with Gasteiger partial charge in [-0.25, -0.2) is 0 Å². The minimum atomic E-state index is -0.962. The molecule has 2 aliphatic heterocycles. The standard InChI is InChI=1S/C29H29N7O4/c37-25-6-5-24(27(38)33-25)36-28(39)21-4-3-19(13-22(21)29(36)40)31-14-16-11-20(12-16)35-15-23(26(34-35)17-1-2-17)32-18-7-9-30-10-8-18/h3-4,7-10,13,15-17,20,24,31H,1-2,5-6,11-12,14H2,(H,30,32)(H,33,37,38)/t16-,20-,24?. The van der Waals surface area contributed by atoms with Crippen molar-refractivity contribution in [2.24, 2.45) is 5.92 Å². The average Bonchev–Trinajstić information content (AvgIpc) is 3.64. The van der Waals surface area contributed by atoms with Crippen LogP contribution in [-0.2, 0) is 9.59 Å². The van der Waals surface area contributed by atoms with Crippen LogP contribution in [0, 0.1) is 5.92 Å². The summed E-state index contributed by atoms with van der Waals surface area (Å²) in [5.41, 5.74) is 4.53. The van der Waals surface area contributed by atoms with Crippen molar-refractivity contribution in [3.8, 4) is 0 Å². The Morgan fingerprint density at radius 1 is 0.925 bits per heavy atom. The summed E-state index contributed by atoms with van der Waals surface area (Å²) in [6, 6.07) is 8.40. The van der Waals surface area contributed by atoms with Crippen LogP contribution in [0.1, 0.15) is 76.9 Å². The smallest absolute Gasteiger partial charge is 0.262 e. The topological polar surface area (TPSA) is 138 Å². The van der Waals surface area contributed by atoms with Gasteiger partial charge in [0.2, 0.25) is 11.8 Å². The summed E-state index contributed by atoms with van der Waals surface area (Å²) < 4.78 is 2.11. The maximum atomic E-state index is 13.1. The first-order valence-electron chi connectivity index (χ1n) is 13.8. The van der Waals surface area contributed by atoms with E-state index >= 15 is 0 Å². The second kappa shape index (κ2) is 9.58. The zero-order chi connectivity index (χ0) is 27.4. The molecule has 2 aliphatic carbocycles. The molecule has 3 N–H and O–H groups in total. The van der Waals surface area contributed by atoms with Crippen LogP contribution >= 0.6 is 0 Å². The zero-order valence-corrected chi connectivity index (χ0v) is 21.8. The Balaban J connectivity index is 0.969. The van der Waals surface area contributed by atoms with Gasteiger partial charge in [0.15, 0.2) is 0 Å². The molecular weight excluding hydrogens is 510 g/mol. The van der Waals surface area contributed by atoms with Crippen molar-refractivity contribution >= 4 is 40.7 Å². The lowest BCUT2D eigenvalue weighted by molar-refractivity contribution is -0.136. The molecule has 3 aromatic rings. The van der Waals surface area contributed by atoms with Crippen LogP contribution in [0.25, 0.3) is 0 Å². The molecule has 11 nitrogen and oxygen atoms in total. The molecule has 0 bridgehead atoms. The van der Waals surface area contributed by atoms with Crippen LogP contribution in [0.3, 0.4) is 0 Å². The Kier molecular flexibility index (Phi) is 5.87. The summed E-state index contributed by atoms with van der Waals surface area (Å²) in [5, 5.41) is 14.1. The number of carbonyl (C=O) groups excluding carboxylic acids is 4. The number of pyridine rings is 1. The molecule has 1 aromatic carbocycles. The second-order valence-electron chi connectivity index (χ2n) is 11.1. The van der Waals surface area contributed by atoms with E-state index in [0.717, 1.165) is 47.0 Å². The van der Waals surface area contributed by atoms with Crippen LogP contribution in [0.4, 0.5) is 17.1 Å². The number of nitrogens with zero attached hydrogens (tertiary/aromatic N) is 4. The largest absolute Gasteiger partial charge is 0.385 e. The fourth-order valence-electron chi connectivity index (χ4n) is 5.86. The first-order chi connectivity index (χ1) is 19.4. The number of hydrogen-bond donors (Lipinski definition) is 3. The molecule has 4 amide bonds. The molecule has 3 fully saturated rings. The predicted molar refractivity (Wildman–Crippen MR) is 145 cm³/mol. The van der Waals surface area contributed by atoms with E-state index in [9.17, 15) is 19.2 Å². The minimum Gasteiger partial charge on any atom is -0.385 e. The Morgan fingerprint density at radius 3 is 2.45 bits per heavy atom. The predicted octanol–water partition coefficient (Wildman–Crippen LogP) is 3.36. The number of amides is 4. The summed E-state index contributed by atoms with van der Waals surface area (Å²) in [5.74, 6) is -0.997. The normalized spacial score (nSPS) is 24.0. The van der Waals surface area contributed by atoms with Gasteiger partial charge in [0, 0.05) is 48.8 Å². The lowest BCUT2D eigenvalue weighted by atomic mass is 9.80. The van der Waals surface area contributed by atoms with Gasteiger partial charge in [-0.2, -0.15) is 5.10 Å². The number of anilines is 3. The number of carbonyl (C=O) groups is 4. The van der Waals surface area contributed by atoms with Crippen molar-refractivity contribution in [2.45, 2.75) is 56.5 Å². The monoisotopic (exact) mass is 539 g/mol. The summed E-state index contributed by atoms with van der Waals surface area (Å²) in [6.07, 6.45) is 10.3.